The first-order valence-electron chi connectivity index (χ1n) is 8.18. The first kappa shape index (κ1) is 16.9. The normalized spacial score (nSPS) is 17.2. The second kappa shape index (κ2) is 7.77. The minimum Gasteiger partial charge on any atom is -0.369 e. The van der Waals surface area contributed by atoms with Crippen molar-refractivity contribution in [1.29, 1.82) is 5.26 Å². The number of carbonyl (C=O) groups excluding carboxylic acids is 1. The fraction of sp³-hybridized carbons (Fsp3) is 0.412. The Bertz CT molecular complexity index is 781. The van der Waals surface area contributed by atoms with E-state index in [2.05, 4.69) is 31.7 Å². The Balaban J connectivity index is 1.44. The van der Waals surface area contributed by atoms with Crippen LogP contribution in [-0.4, -0.2) is 47.1 Å². The highest BCUT2D eigenvalue weighted by atomic mass is 16.5. The summed E-state index contributed by atoms with van der Waals surface area (Å²) < 4.78 is 4.99. The minimum atomic E-state index is -0.110. The third kappa shape index (κ3) is 4.55. The number of amides is 1. The number of aryl methyl sites for hydroxylation is 1. The van der Waals surface area contributed by atoms with Gasteiger partial charge in [0.05, 0.1) is 17.8 Å². The van der Waals surface area contributed by atoms with E-state index < -0.39 is 0 Å². The number of rotatable bonds is 6. The molecule has 1 saturated heterocycles. The van der Waals surface area contributed by atoms with Gasteiger partial charge in [0.1, 0.15) is 11.9 Å². The fourth-order valence-electron chi connectivity index (χ4n) is 2.90. The van der Waals surface area contributed by atoms with Gasteiger partial charge in [-0.15, -0.1) is 0 Å². The SMILES string of the molecule is Cc1cc(NC(=O)CN2CCC(CNc3ncccc3C#N)C2)on1. The topological polar surface area (TPSA) is 107 Å². The number of pyridine rings is 1. The molecule has 25 heavy (non-hydrogen) atoms. The van der Waals surface area contributed by atoms with Crippen molar-refractivity contribution in [3.8, 4) is 6.07 Å². The van der Waals surface area contributed by atoms with Crippen LogP contribution in [0.3, 0.4) is 0 Å². The van der Waals surface area contributed by atoms with Gasteiger partial charge in [0.2, 0.25) is 11.8 Å². The number of nitrogens with one attached hydrogen (secondary N) is 2. The second-order valence-corrected chi connectivity index (χ2v) is 6.16. The molecule has 1 aliphatic rings. The van der Waals surface area contributed by atoms with Crippen LogP contribution in [0, 0.1) is 24.2 Å². The summed E-state index contributed by atoms with van der Waals surface area (Å²) in [6.07, 6.45) is 2.66. The molecule has 2 aromatic heterocycles. The lowest BCUT2D eigenvalue weighted by Gasteiger charge is -2.15. The summed E-state index contributed by atoms with van der Waals surface area (Å²) >= 11 is 0. The van der Waals surface area contributed by atoms with Crippen molar-refractivity contribution < 1.29 is 9.32 Å². The molecule has 2 aromatic rings. The summed E-state index contributed by atoms with van der Waals surface area (Å²) in [5, 5.41) is 18.8. The summed E-state index contributed by atoms with van der Waals surface area (Å²) in [6.45, 7) is 4.54. The first-order chi connectivity index (χ1) is 12.1. The lowest BCUT2D eigenvalue weighted by Crippen LogP contribution is -2.32. The maximum Gasteiger partial charge on any atom is 0.240 e. The quantitative estimate of drug-likeness (QED) is 0.823. The van der Waals surface area contributed by atoms with Crippen molar-refractivity contribution >= 4 is 17.6 Å². The third-order valence-corrected chi connectivity index (χ3v) is 4.11. The zero-order valence-corrected chi connectivity index (χ0v) is 14.0. The van der Waals surface area contributed by atoms with Crippen LogP contribution in [0.15, 0.2) is 28.9 Å². The number of carbonyl (C=O) groups is 1. The molecule has 0 saturated carbocycles. The van der Waals surface area contributed by atoms with Crippen molar-refractivity contribution in [1.82, 2.24) is 15.0 Å². The van der Waals surface area contributed by atoms with E-state index >= 15 is 0 Å². The van der Waals surface area contributed by atoms with Crippen LogP contribution in [0.4, 0.5) is 11.7 Å². The van der Waals surface area contributed by atoms with Crippen molar-refractivity contribution in [2.75, 3.05) is 36.8 Å². The van der Waals surface area contributed by atoms with Crippen LogP contribution in [0.2, 0.25) is 0 Å². The number of nitrogens with zero attached hydrogens (tertiary/aromatic N) is 4. The van der Waals surface area contributed by atoms with E-state index in [1.165, 1.54) is 0 Å². The Morgan fingerprint density at radius 2 is 2.44 bits per heavy atom. The molecule has 3 heterocycles. The Hall–Kier alpha value is -2.92. The fourth-order valence-corrected chi connectivity index (χ4v) is 2.90. The molecule has 0 bridgehead atoms. The molecule has 8 heteroatoms. The third-order valence-electron chi connectivity index (χ3n) is 4.11. The predicted octanol–water partition coefficient (Wildman–Crippen LogP) is 1.62. The molecule has 130 valence electrons. The number of hydrogen-bond donors (Lipinski definition) is 2. The Morgan fingerprint density at radius 3 is 3.20 bits per heavy atom. The number of likely N-dealkylation sites (tertiary alicyclic amines) is 1. The molecule has 1 aliphatic heterocycles. The van der Waals surface area contributed by atoms with Crippen molar-refractivity contribution in [2.45, 2.75) is 13.3 Å². The van der Waals surface area contributed by atoms with E-state index in [-0.39, 0.29) is 5.91 Å². The van der Waals surface area contributed by atoms with Gasteiger partial charge in [-0.3, -0.25) is 15.0 Å². The van der Waals surface area contributed by atoms with Gasteiger partial charge < -0.3 is 9.84 Å². The summed E-state index contributed by atoms with van der Waals surface area (Å²) in [5.74, 6) is 1.29. The van der Waals surface area contributed by atoms with Crippen molar-refractivity contribution in [3.05, 3.63) is 35.7 Å². The van der Waals surface area contributed by atoms with Gasteiger partial charge in [0.15, 0.2) is 0 Å². The molecule has 0 radical (unpaired) electrons. The van der Waals surface area contributed by atoms with Gasteiger partial charge in [0, 0.05) is 25.4 Å². The highest BCUT2D eigenvalue weighted by Crippen LogP contribution is 2.18. The van der Waals surface area contributed by atoms with E-state index in [9.17, 15) is 4.79 Å². The van der Waals surface area contributed by atoms with Crippen molar-refractivity contribution in [3.63, 3.8) is 0 Å². The van der Waals surface area contributed by atoms with Crippen LogP contribution in [0.25, 0.3) is 0 Å². The van der Waals surface area contributed by atoms with Crippen LogP contribution in [0.5, 0.6) is 0 Å². The highest BCUT2D eigenvalue weighted by molar-refractivity contribution is 5.90. The molecular formula is C17H20N6O2. The number of anilines is 2. The number of nitriles is 1. The summed E-state index contributed by atoms with van der Waals surface area (Å²) in [6, 6.07) is 7.30. The van der Waals surface area contributed by atoms with E-state index in [1.807, 2.05) is 0 Å². The summed E-state index contributed by atoms with van der Waals surface area (Å²) in [7, 11) is 0. The van der Waals surface area contributed by atoms with Crippen LogP contribution < -0.4 is 10.6 Å². The Morgan fingerprint density at radius 1 is 1.56 bits per heavy atom. The molecule has 0 aliphatic carbocycles. The second-order valence-electron chi connectivity index (χ2n) is 6.16. The summed E-state index contributed by atoms with van der Waals surface area (Å²) in [4.78, 5) is 18.3. The van der Waals surface area contributed by atoms with Crippen LogP contribution in [0.1, 0.15) is 17.7 Å². The lowest BCUT2D eigenvalue weighted by molar-refractivity contribution is -0.117. The maximum absolute atomic E-state index is 12.0. The van der Waals surface area contributed by atoms with E-state index in [1.54, 1.807) is 31.3 Å². The zero-order chi connectivity index (χ0) is 17.6. The van der Waals surface area contributed by atoms with Crippen LogP contribution in [-0.2, 0) is 4.79 Å². The Kier molecular flexibility index (Phi) is 5.26. The zero-order valence-electron chi connectivity index (χ0n) is 14.0. The van der Waals surface area contributed by atoms with Crippen molar-refractivity contribution in [2.24, 2.45) is 5.92 Å². The average Bonchev–Trinajstić information content (AvgIpc) is 3.22. The average molecular weight is 340 g/mol. The molecule has 0 spiro atoms. The smallest absolute Gasteiger partial charge is 0.240 e. The molecule has 1 amide bonds. The monoisotopic (exact) mass is 340 g/mol. The molecule has 3 rings (SSSR count). The predicted molar refractivity (Wildman–Crippen MR) is 91.9 cm³/mol. The first-order valence-corrected chi connectivity index (χ1v) is 8.18. The maximum atomic E-state index is 12.0. The molecular weight excluding hydrogens is 320 g/mol. The molecule has 1 fully saturated rings. The lowest BCUT2D eigenvalue weighted by atomic mass is 10.1. The van der Waals surface area contributed by atoms with E-state index in [0.717, 1.165) is 31.7 Å². The van der Waals surface area contributed by atoms with Crippen LogP contribution >= 0.6 is 0 Å². The van der Waals surface area contributed by atoms with Gasteiger partial charge in [-0.25, -0.2) is 4.98 Å². The molecule has 0 aromatic carbocycles. The standard InChI is InChI=1S/C17H20N6O2/c1-12-7-16(25-22-12)21-15(24)11-23-6-4-13(10-23)9-20-17-14(8-18)3-2-5-19-17/h2-3,5,7,13H,4,6,9-11H2,1H3,(H,19,20)(H,21,24). The van der Waals surface area contributed by atoms with Gasteiger partial charge in [-0.05, 0) is 37.9 Å². The van der Waals surface area contributed by atoms with Gasteiger partial charge in [-0.2, -0.15) is 5.26 Å². The highest BCUT2D eigenvalue weighted by Gasteiger charge is 2.24. The number of aromatic nitrogens is 2. The van der Waals surface area contributed by atoms with Gasteiger partial charge in [-0.1, -0.05) is 5.16 Å². The van der Waals surface area contributed by atoms with E-state index in [0.29, 0.717) is 29.7 Å². The Labute approximate surface area is 145 Å². The van der Waals surface area contributed by atoms with E-state index in [4.69, 9.17) is 9.78 Å². The molecule has 2 N–H and O–H groups in total. The largest absolute Gasteiger partial charge is 0.369 e. The van der Waals surface area contributed by atoms with Gasteiger partial charge in [0.25, 0.3) is 0 Å². The number of hydrogen-bond acceptors (Lipinski definition) is 7. The molecule has 8 nitrogen and oxygen atoms in total. The van der Waals surface area contributed by atoms with Gasteiger partial charge >= 0.3 is 0 Å². The molecule has 1 unspecified atom stereocenters. The minimum absolute atomic E-state index is 0.110. The summed E-state index contributed by atoms with van der Waals surface area (Å²) in [5.41, 5.74) is 1.27. The molecule has 1 atom stereocenters.